The SMILES string of the molecule is O=C(O)Cc1ccc(F)cc1C(O)C(O)CBr. The van der Waals surface area contributed by atoms with Crippen molar-refractivity contribution in [3.8, 4) is 0 Å². The fourth-order valence-electron chi connectivity index (χ4n) is 1.46. The number of carbonyl (C=O) groups is 1. The highest BCUT2D eigenvalue weighted by Crippen LogP contribution is 2.23. The van der Waals surface area contributed by atoms with Gasteiger partial charge in [0.25, 0.3) is 0 Å². The van der Waals surface area contributed by atoms with Gasteiger partial charge in [-0.1, -0.05) is 22.0 Å². The summed E-state index contributed by atoms with van der Waals surface area (Å²) in [5, 5.41) is 28.0. The fraction of sp³-hybridized carbons (Fsp3) is 0.364. The van der Waals surface area contributed by atoms with Gasteiger partial charge in [-0.05, 0) is 23.3 Å². The molecule has 2 atom stereocenters. The highest BCUT2D eigenvalue weighted by atomic mass is 79.9. The third-order valence-corrected chi connectivity index (χ3v) is 2.95. The highest BCUT2D eigenvalue weighted by molar-refractivity contribution is 9.09. The number of aliphatic hydroxyl groups is 2. The molecule has 1 rings (SSSR count). The van der Waals surface area contributed by atoms with Gasteiger partial charge in [-0.25, -0.2) is 4.39 Å². The van der Waals surface area contributed by atoms with Crippen LogP contribution in [0.25, 0.3) is 0 Å². The van der Waals surface area contributed by atoms with E-state index in [0.717, 1.165) is 12.1 Å². The number of halogens is 2. The van der Waals surface area contributed by atoms with Gasteiger partial charge in [0.1, 0.15) is 11.9 Å². The number of alkyl halides is 1. The zero-order chi connectivity index (χ0) is 13.0. The number of aliphatic carboxylic acids is 1. The molecule has 0 aromatic heterocycles. The Hall–Kier alpha value is -0.980. The second-order valence-corrected chi connectivity index (χ2v) is 4.23. The van der Waals surface area contributed by atoms with Crippen LogP contribution in [-0.4, -0.2) is 32.7 Å². The molecule has 0 fully saturated rings. The average Bonchev–Trinajstić information content (AvgIpc) is 2.29. The minimum absolute atomic E-state index is 0.0966. The van der Waals surface area contributed by atoms with E-state index in [9.17, 15) is 19.4 Å². The average molecular weight is 307 g/mol. The van der Waals surface area contributed by atoms with Crippen LogP contribution >= 0.6 is 15.9 Å². The molecule has 0 aliphatic rings. The fourth-order valence-corrected chi connectivity index (χ4v) is 1.81. The number of rotatable bonds is 5. The minimum atomic E-state index is -1.32. The van der Waals surface area contributed by atoms with Gasteiger partial charge < -0.3 is 15.3 Å². The van der Waals surface area contributed by atoms with E-state index in [-0.39, 0.29) is 22.9 Å². The summed E-state index contributed by atoms with van der Waals surface area (Å²) in [6, 6.07) is 3.45. The Morgan fingerprint density at radius 1 is 1.41 bits per heavy atom. The second kappa shape index (κ2) is 6.09. The normalized spacial score (nSPS) is 14.4. The van der Waals surface area contributed by atoms with Crippen LogP contribution in [0.2, 0.25) is 0 Å². The van der Waals surface area contributed by atoms with Crippen LogP contribution in [0.4, 0.5) is 4.39 Å². The molecule has 94 valence electrons. The van der Waals surface area contributed by atoms with Crippen LogP contribution in [0.1, 0.15) is 17.2 Å². The van der Waals surface area contributed by atoms with E-state index >= 15 is 0 Å². The van der Waals surface area contributed by atoms with Gasteiger partial charge in [0.15, 0.2) is 0 Å². The molecule has 3 N–H and O–H groups in total. The van der Waals surface area contributed by atoms with Crippen molar-refractivity contribution in [2.24, 2.45) is 0 Å². The maximum atomic E-state index is 13.1. The number of benzene rings is 1. The van der Waals surface area contributed by atoms with E-state index in [2.05, 4.69) is 15.9 Å². The lowest BCUT2D eigenvalue weighted by molar-refractivity contribution is -0.136. The summed E-state index contributed by atoms with van der Waals surface area (Å²) in [6.07, 6.45) is -2.77. The zero-order valence-corrected chi connectivity index (χ0v) is 10.4. The Morgan fingerprint density at radius 3 is 2.59 bits per heavy atom. The molecule has 0 amide bonds. The lowest BCUT2D eigenvalue weighted by Gasteiger charge is -2.18. The van der Waals surface area contributed by atoms with E-state index in [1.54, 1.807) is 0 Å². The lowest BCUT2D eigenvalue weighted by Crippen LogP contribution is -2.21. The van der Waals surface area contributed by atoms with Crippen LogP contribution in [0.5, 0.6) is 0 Å². The Labute approximate surface area is 106 Å². The first kappa shape index (κ1) is 14.1. The Balaban J connectivity index is 3.10. The highest BCUT2D eigenvalue weighted by Gasteiger charge is 2.21. The summed E-state index contributed by atoms with van der Waals surface area (Å²) >= 11 is 2.99. The Bertz CT molecular complexity index is 410. The molecule has 2 unspecified atom stereocenters. The van der Waals surface area contributed by atoms with Crippen molar-refractivity contribution in [3.05, 3.63) is 35.1 Å². The van der Waals surface area contributed by atoms with Gasteiger partial charge in [0.05, 0.1) is 12.5 Å². The van der Waals surface area contributed by atoms with Crippen molar-refractivity contribution in [2.75, 3.05) is 5.33 Å². The maximum Gasteiger partial charge on any atom is 0.307 e. The topological polar surface area (TPSA) is 77.8 Å². The van der Waals surface area contributed by atoms with E-state index in [1.807, 2.05) is 0 Å². The standard InChI is InChI=1S/C11H12BrFO4/c12-5-9(14)11(17)8-4-7(13)2-1-6(8)3-10(15)16/h1-2,4,9,11,14,17H,3,5H2,(H,15,16). The number of hydrogen-bond donors (Lipinski definition) is 3. The molecule has 1 aromatic rings. The first-order chi connectivity index (χ1) is 7.95. The van der Waals surface area contributed by atoms with E-state index in [4.69, 9.17) is 5.11 Å². The van der Waals surface area contributed by atoms with E-state index in [1.165, 1.54) is 6.07 Å². The van der Waals surface area contributed by atoms with Crippen LogP contribution < -0.4 is 0 Å². The molecule has 0 aliphatic carbocycles. The third-order valence-electron chi connectivity index (χ3n) is 2.29. The molecular weight excluding hydrogens is 295 g/mol. The predicted molar refractivity (Wildman–Crippen MR) is 62.5 cm³/mol. The molecule has 1 aromatic carbocycles. The lowest BCUT2D eigenvalue weighted by atomic mass is 9.97. The largest absolute Gasteiger partial charge is 0.481 e. The molecule has 4 nitrogen and oxygen atoms in total. The Kier molecular flexibility index (Phi) is 5.04. The first-order valence-electron chi connectivity index (χ1n) is 4.88. The molecule has 0 saturated heterocycles. The monoisotopic (exact) mass is 306 g/mol. The van der Waals surface area contributed by atoms with Crippen molar-refractivity contribution in [2.45, 2.75) is 18.6 Å². The summed E-state index contributed by atoms with van der Waals surface area (Å²) in [7, 11) is 0. The summed E-state index contributed by atoms with van der Waals surface area (Å²) in [5.41, 5.74) is 0.380. The molecule has 0 bridgehead atoms. The van der Waals surface area contributed by atoms with E-state index in [0.29, 0.717) is 0 Å². The van der Waals surface area contributed by atoms with Gasteiger partial charge in [0, 0.05) is 5.33 Å². The van der Waals surface area contributed by atoms with Crippen LogP contribution in [0.3, 0.4) is 0 Å². The van der Waals surface area contributed by atoms with Gasteiger partial charge in [-0.2, -0.15) is 0 Å². The number of aliphatic hydroxyl groups excluding tert-OH is 2. The van der Waals surface area contributed by atoms with Crippen LogP contribution in [-0.2, 0) is 11.2 Å². The minimum Gasteiger partial charge on any atom is -0.481 e. The predicted octanol–water partition coefficient (Wildman–Crippen LogP) is 1.24. The van der Waals surface area contributed by atoms with Crippen LogP contribution in [0, 0.1) is 5.82 Å². The van der Waals surface area contributed by atoms with Gasteiger partial charge in [0.2, 0.25) is 0 Å². The molecule has 0 heterocycles. The van der Waals surface area contributed by atoms with Crippen molar-refractivity contribution >= 4 is 21.9 Å². The van der Waals surface area contributed by atoms with Crippen molar-refractivity contribution < 1.29 is 24.5 Å². The summed E-state index contributed by atoms with van der Waals surface area (Å²) in [5.74, 6) is -1.67. The smallest absolute Gasteiger partial charge is 0.307 e. The molecule has 6 heteroatoms. The van der Waals surface area contributed by atoms with Crippen molar-refractivity contribution in [3.63, 3.8) is 0 Å². The van der Waals surface area contributed by atoms with Crippen molar-refractivity contribution in [1.82, 2.24) is 0 Å². The van der Waals surface area contributed by atoms with Gasteiger partial charge in [-0.3, -0.25) is 4.79 Å². The molecule has 0 aliphatic heterocycles. The van der Waals surface area contributed by atoms with Gasteiger partial charge in [-0.15, -0.1) is 0 Å². The van der Waals surface area contributed by atoms with Crippen LogP contribution in [0.15, 0.2) is 18.2 Å². The summed E-state index contributed by atoms with van der Waals surface area (Å²) in [6.45, 7) is 0. The Morgan fingerprint density at radius 2 is 2.06 bits per heavy atom. The first-order valence-corrected chi connectivity index (χ1v) is 6.00. The van der Waals surface area contributed by atoms with Gasteiger partial charge >= 0.3 is 5.97 Å². The van der Waals surface area contributed by atoms with Crippen molar-refractivity contribution in [1.29, 1.82) is 0 Å². The van der Waals surface area contributed by atoms with E-state index < -0.39 is 24.0 Å². The maximum absolute atomic E-state index is 13.1. The second-order valence-electron chi connectivity index (χ2n) is 3.58. The quantitative estimate of drug-likeness (QED) is 0.715. The molecule has 0 radical (unpaired) electrons. The number of hydrogen-bond acceptors (Lipinski definition) is 3. The zero-order valence-electron chi connectivity index (χ0n) is 8.81. The molecule has 0 spiro atoms. The number of carboxylic acids is 1. The molecular formula is C11H12BrFO4. The third kappa shape index (κ3) is 3.76. The summed E-state index contributed by atoms with van der Waals surface area (Å²) in [4.78, 5) is 10.6. The summed E-state index contributed by atoms with van der Waals surface area (Å²) < 4.78 is 13.1. The molecule has 17 heavy (non-hydrogen) atoms. The molecule has 0 saturated carbocycles. The number of carboxylic acid groups (broad SMARTS) is 1.